The molecule has 0 fully saturated rings. The summed E-state index contributed by atoms with van der Waals surface area (Å²) in [5.41, 5.74) is -0.385. The Bertz CT molecular complexity index is 722. The van der Waals surface area contributed by atoms with Crippen molar-refractivity contribution in [3.63, 3.8) is 0 Å². The van der Waals surface area contributed by atoms with E-state index in [4.69, 9.17) is 0 Å². The van der Waals surface area contributed by atoms with Crippen LogP contribution in [0.2, 0.25) is 0 Å². The molecule has 0 aliphatic carbocycles. The van der Waals surface area contributed by atoms with Gasteiger partial charge in [-0.2, -0.15) is 0 Å². The highest BCUT2D eigenvalue weighted by Crippen LogP contribution is 2.30. The molecule has 0 aliphatic rings. The van der Waals surface area contributed by atoms with Crippen LogP contribution >= 0.6 is 23.1 Å². The van der Waals surface area contributed by atoms with Crippen molar-refractivity contribution in [1.29, 1.82) is 0 Å². The Hall–Kier alpha value is -1.67. The molecule has 23 heavy (non-hydrogen) atoms. The number of nitrogens with zero attached hydrogens (tertiary/aromatic N) is 2. The molecule has 2 aromatic rings. The first kappa shape index (κ1) is 17.7. The van der Waals surface area contributed by atoms with Gasteiger partial charge in [-0.15, -0.1) is 11.3 Å². The standard InChI is InChI=1S/C15H20N4O2S2/c1-5-9-6-10-12(16-8-17-13(10)23-9)22-7-11(20)18-14(21)19-15(2,3)4/h6,8H,5,7H2,1-4H3,(H2,18,19,20,21). The third-order valence-electron chi connectivity index (χ3n) is 2.77. The first-order valence-electron chi connectivity index (χ1n) is 7.26. The molecule has 0 aliphatic heterocycles. The van der Waals surface area contributed by atoms with Crippen molar-refractivity contribution in [2.45, 2.75) is 44.7 Å². The number of rotatable bonds is 4. The third-order valence-corrected chi connectivity index (χ3v) is 4.97. The molecule has 3 amide bonds. The molecular formula is C15H20N4O2S2. The summed E-state index contributed by atoms with van der Waals surface area (Å²) < 4.78 is 0. The highest BCUT2D eigenvalue weighted by molar-refractivity contribution is 8.00. The van der Waals surface area contributed by atoms with Crippen molar-refractivity contribution in [1.82, 2.24) is 20.6 Å². The van der Waals surface area contributed by atoms with Crippen LogP contribution in [0, 0.1) is 0 Å². The molecular weight excluding hydrogens is 332 g/mol. The van der Waals surface area contributed by atoms with Crippen LogP contribution in [0.3, 0.4) is 0 Å². The summed E-state index contributed by atoms with van der Waals surface area (Å²) in [5.74, 6) is -0.226. The van der Waals surface area contributed by atoms with Gasteiger partial charge in [0.1, 0.15) is 16.2 Å². The average molecular weight is 352 g/mol. The predicted molar refractivity (Wildman–Crippen MR) is 93.9 cm³/mol. The molecule has 0 spiro atoms. The maximum atomic E-state index is 11.9. The number of nitrogens with one attached hydrogen (secondary N) is 2. The van der Waals surface area contributed by atoms with Gasteiger partial charge in [0.2, 0.25) is 5.91 Å². The monoisotopic (exact) mass is 352 g/mol. The second-order valence-electron chi connectivity index (χ2n) is 6.00. The number of hydrogen-bond donors (Lipinski definition) is 2. The number of hydrogen-bond acceptors (Lipinski definition) is 6. The van der Waals surface area contributed by atoms with Crippen LogP contribution in [-0.2, 0) is 11.2 Å². The second kappa shape index (κ2) is 7.27. The third kappa shape index (κ3) is 5.18. The SMILES string of the molecule is CCc1cc2c(SCC(=O)NC(=O)NC(C)(C)C)ncnc2s1. The summed E-state index contributed by atoms with van der Waals surface area (Å²) in [7, 11) is 0. The van der Waals surface area contributed by atoms with Gasteiger partial charge in [-0.1, -0.05) is 18.7 Å². The number of carbonyl (C=O) groups excluding carboxylic acids is 2. The minimum absolute atomic E-state index is 0.126. The van der Waals surface area contributed by atoms with E-state index in [0.29, 0.717) is 0 Å². The number of urea groups is 1. The Balaban J connectivity index is 1.97. The molecule has 0 saturated heterocycles. The van der Waals surface area contributed by atoms with Crippen LogP contribution in [0.15, 0.2) is 17.4 Å². The van der Waals surface area contributed by atoms with Crippen LogP contribution in [0.4, 0.5) is 4.79 Å². The predicted octanol–water partition coefficient (Wildman–Crippen LogP) is 2.97. The van der Waals surface area contributed by atoms with Gasteiger partial charge in [0.25, 0.3) is 0 Å². The number of fused-ring (bicyclic) bond motifs is 1. The Kier molecular flexibility index (Phi) is 5.59. The van der Waals surface area contributed by atoms with Gasteiger partial charge in [-0.25, -0.2) is 14.8 Å². The highest BCUT2D eigenvalue weighted by atomic mass is 32.2. The summed E-state index contributed by atoms with van der Waals surface area (Å²) in [5, 5.41) is 6.73. The van der Waals surface area contributed by atoms with Crippen LogP contribution < -0.4 is 10.6 Å². The fraction of sp³-hybridized carbons (Fsp3) is 0.467. The van der Waals surface area contributed by atoms with Gasteiger partial charge >= 0.3 is 6.03 Å². The molecule has 2 rings (SSSR count). The van der Waals surface area contributed by atoms with Crippen molar-refractivity contribution in [3.05, 3.63) is 17.3 Å². The van der Waals surface area contributed by atoms with Crippen LogP contribution in [0.5, 0.6) is 0 Å². The van der Waals surface area contributed by atoms with Gasteiger partial charge < -0.3 is 5.32 Å². The van der Waals surface area contributed by atoms with Crippen LogP contribution in [0.25, 0.3) is 10.2 Å². The molecule has 0 bridgehead atoms. The second-order valence-corrected chi connectivity index (χ2v) is 8.08. The van der Waals surface area contributed by atoms with Crippen molar-refractivity contribution in [3.8, 4) is 0 Å². The van der Waals surface area contributed by atoms with E-state index in [-0.39, 0.29) is 17.2 Å². The lowest BCUT2D eigenvalue weighted by Crippen LogP contribution is -2.48. The summed E-state index contributed by atoms with van der Waals surface area (Å²) in [4.78, 5) is 34.2. The fourth-order valence-corrected chi connectivity index (χ4v) is 3.61. The molecule has 0 radical (unpaired) electrons. The van der Waals surface area contributed by atoms with Gasteiger partial charge in [-0.05, 0) is 33.3 Å². The van der Waals surface area contributed by atoms with E-state index >= 15 is 0 Å². The quantitative estimate of drug-likeness (QED) is 0.653. The lowest BCUT2D eigenvalue weighted by molar-refractivity contribution is -0.117. The van der Waals surface area contributed by atoms with E-state index in [9.17, 15) is 9.59 Å². The smallest absolute Gasteiger partial charge is 0.321 e. The zero-order valence-electron chi connectivity index (χ0n) is 13.6. The first-order chi connectivity index (χ1) is 10.8. The van der Waals surface area contributed by atoms with Crippen molar-refractivity contribution in [2.75, 3.05) is 5.75 Å². The molecule has 0 unspecified atom stereocenters. The van der Waals surface area contributed by atoms with Crippen LogP contribution in [-0.4, -0.2) is 33.2 Å². The maximum absolute atomic E-state index is 11.9. The highest BCUT2D eigenvalue weighted by Gasteiger charge is 2.16. The number of thiophene rings is 1. The fourth-order valence-electron chi connectivity index (χ4n) is 1.84. The molecule has 124 valence electrons. The van der Waals surface area contributed by atoms with E-state index in [1.807, 2.05) is 20.8 Å². The minimum Gasteiger partial charge on any atom is -0.333 e. The Labute approximate surface area is 143 Å². The van der Waals surface area contributed by atoms with Gasteiger partial charge in [0, 0.05) is 15.8 Å². The maximum Gasteiger partial charge on any atom is 0.321 e. The van der Waals surface area contributed by atoms with Crippen molar-refractivity contribution < 1.29 is 9.59 Å². The summed E-state index contributed by atoms with van der Waals surface area (Å²) in [6.45, 7) is 7.65. The Morgan fingerprint density at radius 3 is 2.70 bits per heavy atom. The normalized spacial score (nSPS) is 11.5. The lowest BCUT2D eigenvalue weighted by Gasteiger charge is -2.20. The largest absolute Gasteiger partial charge is 0.333 e. The summed E-state index contributed by atoms with van der Waals surface area (Å²) >= 11 is 2.94. The zero-order valence-corrected chi connectivity index (χ0v) is 15.2. The number of amides is 3. The molecule has 2 aromatic heterocycles. The molecule has 2 N–H and O–H groups in total. The van der Waals surface area contributed by atoms with E-state index in [1.54, 1.807) is 11.3 Å². The molecule has 0 saturated carbocycles. The van der Waals surface area contributed by atoms with E-state index in [0.717, 1.165) is 21.7 Å². The molecule has 0 atom stereocenters. The molecule has 6 nitrogen and oxygen atoms in total. The topological polar surface area (TPSA) is 84.0 Å². The Morgan fingerprint density at radius 1 is 1.30 bits per heavy atom. The van der Waals surface area contributed by atoms with Gasteiger partial charge in [-0.3, -0.25) is 10.1 Å². The molecule has 8 heteroatoms. The van der Waals surface area contributed by atoms with E-state index < -0.39 is 6.03 Å². The minimum atomic E-state index is -0.486. The van der Waals surface area contributed by atoms with E-state index in [2.05, 4.69) is 33.6 Å². The van der Waals surface area contributed by atoms with Crippen molar-refractivity contribution in [2.24, 2.45) is 0 Å². The first-order valence-corrected chi connectivity index (χ1v) is 9.07. The Morgan fingerprint density at radius 2 is 2.04 bits per heavy atom. The number of imide groups is 1. The summed E-state index contributed by atoms with van der Waals surface area (Å²) in [6, 6.07) is 1.58. The average Bonchev–Trinajstić information content (AvgIpc) is 2.86. The molecule has 2 heterocycles. The van der Waals surface area contributed by atoms with Gasteiger partial charge in [0.15, 0.2) is 0 Å². The lowest BCUT2D eigenvalue weighted by atomic mass is 10.1. The molecule has 0 aromatic carbocycles. The number of aryl methyl sites for hydroxylation is 1. The number of aromatic nitrogens is 2. The summed E-state index contributed by atoms with van der Waals surface area (Å²) in [6.07, 6.45) is 2.45. The number of thioether (sulfide) groups is 1. The number of carbonyl (C=O) groups is 2. The van der Waals surface area contributed by atoms with E-state index in [1.165, 1.54) is 23.0 Å². The van der Waals surface area contributed by atoms with Gasteiger partial charge in [0.05, 0.1) is 5.75 Å². The van der Waals surface area contributed by atoms with Crippen LogP contribution in [0.1, 0.15) is 32.6 Å². The van der Waals surface area contributed by atoms with Crippen molar-refractivity contribution >= 4 is 45.3 Å². The zero-order chi connectivity index (χ0) is 17.0.